The Hall–Kier alpha value is -6.02. The molecule has 2 aromatic heterocycles. The Morgan fingerprint density at radius 2 is 1.11 bits per heavy atom. The minimum atomic E-state index is -0.564. The maximum atomic E-state index is 12.1. The second-order valence-electron chi connectivity index (χ2n) is 13.5. The van der Waals surface area contributed by atoms with E-state index >= 15 is 0 Å². The van der Waals surface area contributed by atoms with Gasteiger partial charge >= 0.3 is 0 Å². The van der Waals surface area contributed by atoms with Crippen molar-refractivity contribution in [2.45, 2.75) is 53.4 Å². The molecule has 0 spiro atoms. The molecule has 276 valence electrons. The number of aromatic nitrogens is 2. The normalized spacial score (nSPS) is 14.1. The van der Waals surface area contributed by atoms with Crippen LogP contribution in [0.1, 0.15) is 59.6 Å². The zero-order valence-corrected chi connectivity index (χ0v) is 31.1. The van der Waals surface area contributed by atoms with Crippen molar-refractivity contribution in [3.05, 3.63) is 115 Å². The topological polar surface area (TPSA) is 148 Å². The largest absolute Gasteiger partial charge is 0.493 e. The predicted octanol–water partition coefficient (Wildman–Crippen LogP) is 6.53. The highest BCUT2D eigenvalue weighted by Gasteiger charge is 2.24. The molecule has 2 aliphatic rings. The maximum absolute atomic E-state index is 12.1. The van der Waals surface area contributed by atoms with Crippen LogP contribution in [0, 0.1) is 50.9 Å². The van der Waals surface area contributed by atoms with Gasteiger partial charge in [-0.15, -0.1) is 0 Å². The van der Waals surface area contributed by atoms with E-state index < -0.39 is 5.91 Å². The number of pyridine rings is 2. The molecule has 0 aliphatic heterocycles. The number of aryl methyl sites for hydroxylation is 4. The first-order valence-corrected chi connectivity index (χ1v) is 17.6. The molecule has 0 radical (unpaired) electrons. The molecule has 0 atom stereocenters. The minimum absolute atomic E-state index is 0.0385. The fraction of sp³-hybridized carbons (Fsp3) is 0.333. The number of nitriles is 1. The number of hydrogen-bond acceptors (Lipinski definition) is 8. The maximum Gasteiger partial charge on any atom is 0.250 e. The second-order valence-corrected chi connectivity index (χ2v) is 13.5. The quantitative estimate of drug-likeness (QED) is 0.121. The van der Waals surface area contributed by atoms with Gasteiger partial charge in [-0.2, -0.15) is 5.26 Å². The lowest BCUT2D eigenvalue weighted by Gasteiger charge is -2.15. The lowest BCUT2D eigenvalue weighted by Crippen LogP contribution is -2.16. The first-order chi connectivity index (χ1) is 25.4. The van der Waals surface area contributed by atoms with Crippen LogP contribution in [0.2, 0.25) is 0 Å². The van der Waals surface area contributed by atoms with Crippen LogP contribution in [0.4, 0.5) is 0 Å². The van der Waals surface area contributed by atoms with Gasteiger partial charge in [0, 0.05) is 59.4 Å². The first-order valence-electron chi connectivity index (χ1n) is 17.6. The van der Waals surface area contributed by atoms with E-state index in [0.29, 0.717) is 64.8 Å². The number of nitrogens with two attached hydrogens (primary N) is 1. The van der Waals surface area contributed by atoms with Crippen LogP contribution in [0.25, 0.3) is 23.5 Å². The van der Waals surface area contributed by atoms with Gasteiger partial charge in [0.15, 0.2) is 33.9 Å². The molecular formula is C42H46N4O7. The third kappa shape index (κ3) is 10.1. The van der Waals surface area contributed by atoms with E-state index in [2.05, 4.69) is 6.07 Å². The number of amides is 1. The first kappa shape index (κ1) is 38.2. The summed E-state index contributed by atoms with van der Waals surface area (Å²) in [5, 5.41) is 9.66. The smallest absolute Gasteiger partial charge is 0.250 e. The van der Waals surface area contributed by atoms with Crippen molar-refractivity contribution in [3.8, 4) is 29.1 Å². The van der Waals surface area contributed by atoms with Gasteiger partial charge in [-0.05, 0) is 107 Å². The van der Waals surface area contributed by atoms with Crippen molar-refractivity contribution < 1.29 is 23.7 Å². The summed E-state index contributed by atoms with van der Waals surface area (Å²) >= 11 is 0. The van der Waals surface area contributed by atoms with Gasteiger partial charge in [-0.1, -0.05) is 6.07 Å². The summed E-state index contributed by atoms with van der Waals surface area (Å²) in [4.78, 5) is 35.4. The van der Waals surface area contributed by atoms with E-state index in [1.165, 1.54) is 37.8 Å². The third-order valence-corrected chi connectivity index (χ3v) is 9.12. The molecule has 2 aliphatic carbocycles. The van der Waals surface area contributed by atoms with Crippen molar-refractivity contribution in [1.82, 2.24) is 9.13 Å². The fourth-order valence-electron chi connectivity index (χ4n) is 5.75. The summed E-state index contributed by atoms with van der Waals surface area (Å²) in [5.41, 5.74) is 10.7. The third-order valence-electron chi connectivity index (χ3n) is 9.12. The van der Waals surface area contributed by atoms with E-state index in [-0.39, 0.29) is 10.9 Å². The van der Waals surface area contributed by atoms with Crippen LogP contribution < -0.4 is 35.5 Å². The number of benzene rings is 2. The van der Waals surface area contributed by atoms with Crippen LogP contribution >= 0.6 is 0 Å². The number of methoxy groups -OCH3 is 2. The molecule has 0 unspecified atom stereocenters. The van der Waals surface area contributed by atoms with E-state index in [1.807, 2.05) is 50.5 Å². The highest BCUT2D eigenvalue weighted by atomic mass is 16.5. The zero-order valence-electron chi connectivity index (χ0n) is 31.1. The van der Waals surface area contributed by atoms with Crippen molar-refractivity contribution in [1.29, 1.82) is 5.26 Å². The molecule has 2 heterocycles. The van der Waals surface area contributed by atoms with Crippen molar-refractivity contribution in [2.24, 2.45) is 17.6 Å². The molecular weight excluding hydrogens is 672 g/mol. The Kier molecular flexibility index (Phi) is 12.3. The number of nitrogens with zero attached hydrogens (tertiary/aromatic N) is 3. The van der Waals surface area contributed by atoms with E-state index in [9.17, 15) is 19.6 Å². The second kappa shape index (κ2) is 17.0. The molecule has 2 aromatic carbocycles. The number of carbonyl (C=O) groups is 1. The minimum Gasteiger partial charge on any atom is -0.493 e. The van der Waals surface area contributed by atoms with Crippen molar-refractivity contribution >= 4 is 29.5 Å². The molecule has 0 saturated heterocycles. The van der Waals surface area contributed by atoms with Crippen LogP contribution in [0.15, 0.2) is 70.3 Å². The van der Waals surface area contributed by atoms with Gasteiger partial charge in [-0.25, -0.2) is 0 Å². The standard InChI is InChI=1S/C21H24N2O4.C21H22N2O3/c1-13-8-17(24)9-14(2)23(13)11-18(21(22)25)16-6-7-19(26-3)20(10-16)27-12-15-4-5-15;1-14-8-19(24)9-15(2)23(14)12-18(11-22)17-6-7-20(25-3)21(10-17)26-13-16-4-5-16/h6-11,15H,4-5,12H2,1-3H3,(H2,22,25);6-10,12,16H,4-5,13H2,1-3H3/b18-11-;18-12+. The molecule has 1 amide bonds. The molecule has 11 nitrogen and oxygen atoms in total. The zero-order chi connectivity index (χ0) is 38.2. The Morgan fingerprint density at radius 3 is 1.51 bits per heavy atom. The summed E-state index contributed by atoms with van der Waals surface area (Å²) in [6, 6.07) is 19.2. The number of rotatable bonds is 13. The average molecular weight is 719 g/mol. The summed E-state index contributed by atoms with van der Waals surface area (Å²) in [7, 11) is 3.18. The van der Waals surface area contributed by atoms with Crippen molar-refractivity contribution in [3.63, 3.8) is 0 Å². The number of hydrogen-bond donors (Lipinski definition) is 1. The number of allylic oxidation sites excluding steroid dienone is 1. The van der Waals surface area contributed by atoms with Gasteiger partial charge in [0.1, 0.15) is 6.07 Å². The van der Waals surface area contributed by atoms with Gasteiger partial charge in [0.05, 0.1) is 38.6 Å². The Labute approximate surface area is 309 Å². The molecule has 0 bridgehead atoms. The molecule has 6 rings (SSSR count). The van der Waals surface area contributed by atoms with Gasteiger partial charge < -0.3 is 33.8 Å². The number of carbonyl (C=O) groups excluding carboxylic acids is 1. The fourth-order valence-corrected chi connectivity index (χ4v) is 5.75. The lowest BCUT2D eigenvalue weighted by molar-refractivity contribution is -0.112. The molecule has 53 heavy (non-hydrogen) atoms. The van der Waals surface area contributed by atoms with Crippen LogP contribution in [0.5, 0.6) is 23.0 Å². The molecule has 4 aromatic rings. The van der Waals surface area contributed by atoms with Crippen LogP contribution in [0.3, 0.4) is 0 Å². The van der Waals surface area contributed by atoms with Gasteiger partial charge in [0.25, 0.3) is 5.91 Å². The SMILES string of the molecule is COc1ccc(/C(=C/n2c(C)cc(=O)cc2C)C(N)=O)cc1OCC1CC1.COc1ccc(/C(C#N)=C/n2c(C)cc(=O)cc2C)cc1OCC1CC1. The number of primary amides is 1. The van der Waals surface area contributed by atoms with E-state index in [1.54, 1.807) is 61.5 Å². The van der Waals surface area contributed by atoms with Crippen LogP contribution in [-0.2, 0) is 4.79 Å². The Bertz CT molecular complexity index is 2160. The summed E-state index contributed by atoms with van der Waals surface area (Å²) in [6.07, 6.45) is 8.17. The van der Waals surface area contributed by atoms with Crippen LogP contribution in [-0.4, -0.2) is 42.5 Å². The summed E-state index contributed by atoms with van der Waals surface area (Å²) in [6.45, 7) is 8.61. The van der Waals surface area contributed by atoms with E-state index in [0.717, 1.165) is 28.3 Å². The molecule has 2 saturated carbocycles. The molecule has 11 heteroatoms. The number of ether oxygens (including phenoxy) is 4. The highest BCUT2D eigenvalue weighted by Crippen LogP contribution is 2.36. The highest BCUT2D eigenvalue weighted by molar-refractivity contribution is 6.22. The monoisotopic (exact) mass is 718 g/mol. The lowest BCUT2D eigenvalue weighted by atomic mass is 10.1. The van der Waals surface area contributed by atoms with Gasteiger partial charge in [-0.3, -0.25) is 14.4 Å². The Morgan fingerprint density at radius 1 is 0.698 bits per heavy atom. The van der Waals surface area contributed by atoms with Gasteiger partial charge in [0.2, 0.25) is 0 Å². The molecule has 2 N–H and O–H groups in total. The van der Waals surface area contributed by atoms with Crippen molar-refractivity contribution in [2.75, 3.05) is 27.4 Å². The summed E-state index contributed by atoms with van der Waals surface area (Å²) < 4.78 is 26.1. The molecule has 2 fully saturated rings. The predicted molar refractivity (Wildman–Crippen MR) is 206 cm³/mol. The Balaban J connectivity index is 0.000000204. The average Bonchev–Trinajstić information content (AvgIpc) is 4.06. The summed E-state index contributed by atoms with van der Waals surface area (Å²) in [5.74, 6) is 3.15. The van der Waals surface area contributed by atoms with E-state index in [4.69, 9.17) is 24.7 Å².